The van der Waals surface area contributed by atoms with Crippen LogP contribution in [0, 0.1) is 47.4 Å². The van der Waals surface area contributed by atoms with Gasteiger partial charge in [0, 0.05) is 19.4 Å². The number of likely N-dealkylation sites (N-methyl/N-ethyl adjacent to an activating group) is 1. The molecule has 0 rings (SSSR count). The lowest BCUT2D eigenvalue weighted by molar-refractivity contribution is -0.159. The van der Waals surface area contributed by atoms with E-state index < -0.39 is 39.1 Å². The summed E-state index contributed by atoms with van der Waals surface area (Å²) in [6.07, 6.45) is -0.352. The molecule has 2 N–H and O–H groups in total. The number of phosphoric ester groups is 1. The lowest BCUT2D eigenvalue weighted by atomic mass is 10.3. The molecule has 10 heteroatoms. The molecular weight excluding hydrogens is 437 g/mol. The van der Waals surface area contributed by atoms with E-state index in [9.17, 15) is 19.0 Å². The van der Waals surface area contributed by atoms with Gasteiger partial charge in [0.2, 0.25) is 0 Å². The molecule has 0 saturated carbocycles. The standard InChI is InChI=1S/C22H28NO8P/c1-4-6-8-10-12-14-21(24)28-18-20(19-30-32(26,27)29-17-16-23-3)31-22(25)15-13-11-9-7-5-2/h20,23H,4-5,14-19H2,1-3H3,(H,26,27). The summed E-state index contributed by atoms with van der Waals surface area (Å²) in [7, 11) is -2.74. The van der Waals surface area contributed by atoms with E-state index in [2.05, 4.69) is 52.7 Å². The first-order valence-electron chi connectivity index (χ1n) is 9.87. The normalized spacial score (nSPS) is 12.0. The third-order valence-corrected chi connectivity index (χ3v) is 4.04. The molecule has 0 bridgehead atoms. The van der Waals surface area contributed by atoms with Gasteiger partial charge in [-0.05, 0) is 30.7 Å². The molecule has 2 atom stereocenters. The molecule has 0 aromatic heterocycles. The predicted molar refractivity (Wildman–Crippen MR) is 117 cm³/mol. The van der Waals surface area contributed by atoms with Crippen LogP contribution >= 0.6 is 7.82 Å². The van der Waals surface area contributed by atoms with E-state index in [4.69, 9.17) is 18.5 Å². The Morgan fingerprint density at radius 1 is 0.906 bits per heavy atom. The highest BCUT2D eigenvalue weighted by Crippen LogP contribution is 2.43. The fourth-order valence-electron chi connectivity index (χ4n) is 1.64. The minimum atomic E-state index is -4.38. The van der Waals surface area contributed by atoms with Crippen LogP contribution in [0.2, 0.25) is 0 Å². The number of phosphoric acid groups is 1. The van der Waals surface area contributed by atoms with Crippen LogP contribution in [-0.4, -0.2) is 56.3 Å². The Kier molecular flexibility index (Phi) is 17.3. The molecule has 0 aliphatic carbocycles. The molecule has 0 heterocycles. The Morgan fingerprint density at radius 3 is 2.03 bits per heavy atom. The molecule has 0 spiro atoms. The molecule has 0 aromatic carbocycles. The van der Waals surface area contributed by atoms with E-state index >= 15 is 0 Å². The summed E-state index contributed by atoms with van der Waals surface area (Å²) in [6, 6.07) is 0. The molecule has 174 valence electrons. The molecule has 9 nitrogen and oxygen atoms in total. The van der Waals surface area contributed by atoms with Crippen molar-refractivity contribution in [1.82, 2.24) is 5.32 Å². The number of carbonyl (C=O) groups excluding carboxylic acids is 2. The fraction of sp³-hybridized carbons (Fsp3) is 0.545. The van der Waals surface area contributed by atoms with Gasteiger partial charge in [-0.15, -0.1) is 0 Å². The van der Waals surface area contributed by atoms with Crippen LogP contribution in [0.4, 0.5) is 0 Å². The van der Waals surface area contributed by atoms with Crippen LogP contribution in [0.25, 0.3) is 0 Å². The maximum atomic E-state index is 12.0. The minimum absolute atomic E-state index is 0.0717. The monoisotopic (exact) mass is 465 g/mol. The first-order chi connectivity index (χ1) is 15.3. The molecule has 0 aliphatic heterocycles. The minimum Gasteiger partial charge on any atom is -0.461 e. The van der Waals surface area contributed by atoms with E-state index in [-0.39, 0.29) is 19.4 Å². The summed E-state index contributed by atoms with van der Waals surface area (Å²) in [5.41, 5.74) is 0. The number of hydrogen-bond acceptors (Lipinski definition) is 8. The molecule has 2 unspecified atom stereocenters. The van der Waals surface area contributed by atoms with Gasteiger partial charge in [0.05, 0.1) is 13.2 Å². The fourth-order valence-corrected chi connectivity index (χ4v) is 2.40. The quantitative estimate of drug-likeness (QED) is 0.191. The Bertz CT molecular complexity index is 886. The van der Waals surface area contributed by atoms with Crippen LogP contribution in [0.1, 0.15) is 39.5 Å². The Morgan fingerprint density at radius 2 is 1.47 bits per heavy atom. The summed E-state index contributed by atoms with van der Waals surface area (Å²) in [5, 5.41) is 2.74. The van der Waals surface area contributed by atoms with Gasteiger partial charge in [-0.2, -0.15) is 0 Å². The van der Waals surface area contributed by atoms with Gasteiger partial charge < -0.3 is 19.7 Å². The second-order valence-electron chi connectivity index (χ2n) is 5.76. The van der Waals surface area contributed by atoms with Gasteiger partial charge in [-0.1, -0.05) is 37.5 Å². The van der Waals surface area contributed by atoms with Gasteiger partial charge >= 0.3 is 19.8 Å². The zero-order valence-corrected chi connectivity index (χ0v) is 19.4. The van der Waals surface area contributed by atoms with Crippen LogP contribution in [0.15, 0.2) is 0 Å². The van der Waals surface area contributed by atoms with Crippen molar-refractivity contribution in [2.75, 3.05) is 33.4 Å². The van der Waals surface area contributed by atoms with Crippen molar-refractivity contribution >= 4 is 19.8 Å². The van der Waals surface area contributed by atoms with E-state index in [1.165, 1.54) is 0 Å². The summed E-state index contributed by atoms with van der Waals surface area (Å²) in [6.45, 7) is 3.04. The van der Waals surface area contributed by atoms with Crippen molar-refractivity contribution in [3.63, 3.8) is 0 Å². The highest BCUT2D eigenvalue weighted by atomic mass is 31.2. The summed E-state index contributed by atoms with van der Waals surface area (Å²) < 4.78 is 31.6. The lowest BCUT2D eigenvalue weighted by Crippen LogP contribution is -2.29. The molecule has 0 aliphatic rings. The van der Waals surface area contributed by atoms with Crippen molar-refractivity contribution in [3.8, 4) is 47.4 Å². The summed E-state index contributed by atoms with van der Waals surface area (Å²) in [4.78, 5) is 33.4. The first kappa shape index (κ1) is 29.2. The SMILES string of the molecule is CCC#CC#CCC(=O)OCC(COP(=O)(O)OCCNC)OC(=O)CC#CC#CCC. The topological polar surface area (TPSA) is 120 Å². The largest absolute Gasteiger partial charge is 0.472 e. The Hall–Kier alpha value is -2.75. The second-order valence-corrected chi connectivity index (χ2v) is 7.22. The van der Waals surface area contributed by atoms with E-state index in [0.717, 1.165) is 0 Å². The average molecular weight is 465 g/mol. The molecule has 0 saturated heterocycles. The number of esters is 2. The zero-order chi connectivity index (χ0) is 24.1. The van der Waals surface area contributed by atoms with E-state index in [0.29, 0.717) is 19.4 Å². The molecule has 0 radical (unpaired) electrons. The van der Waals surface area contributed by atoms with Crippen LogP contribution in [0.5, 0.6) is 0 Å². The summed E-state index contributed by atoms with van der Waals surface area (Å²) in [5.74, 6) is 19.2. The van der Waals surface area contributed by atoms with Crippen molar-refractivity contribution < 1.29 is 37.6 Å². The van der Waals surface area contributed by atoms with E-state index in [1.807, 2.05) is 13.8 Å². The molecule has 0 aromatic rings. The van der Waals surface area contributed by atoms with E-state index in [1.54, 1.807) is 7.05 Å². The summed E-state index contributed by atoms with van der Waals surface area (Å²) >= 11 is 0. The number of rotatable bonds is 12. The molecule has 0 fully saturated rings. The van der Waals surface area contributed by atoms with Crippen molar-refractivity contribution in [1.29, 1.82) is 0 Å². The number of hydrogen-bond donors (Lipinski definition) is 2. The van der Waals surface area contributed by atoms with Gasteiger partial charge in [0.25, 0.3) is 0 Å². The average Bonchev–Trinajstić information content (AvgIpc) is 2.75. The number of carbonyl (C=O) groups is 2. The van der Waals surface area contributed by atoms with Crippen LogP contribution < -0.4 is 5.32 Å². The third-order valence-electron chi connectivity index (χ3n) is 3.06. The van der Waals surface area contributed by atoms with Gasteiger partial charge in [-0.25, -0.2) is 4.57 Å². The Labute approximate surface area is 189 Å². The Balaban J connectivity index is 4.87. The molecule has 0 amide bonds. The van der Waals surface area contributed by atoms with Crippen molar-refractivity contribution in [2.24, 2.45) is 0 Å². The second kappa shape index (κ2) is 19.0. The number of ether oxygens (including phenoxy) is 2. The van der Waals surface area contributed by atoms with Crippen LogP contribution in [-0.2, 0) is 32.7 Å². The van der Waals surface area contributed by atoms with Crippen molar-refractivity contribution in [3.05, 3.63) is 0 Å². The van der Waals surface area contributed by atoms with Crippen molar-refractivity contribution in [2.45, 2.75) is 45.6 Å². The highest BCUT2D eigenvalue weighted by molar-refractivity contribution is 7.47. The predicted octanol–water partition coefficient (Wildman–Crippen LogP) is 1.41. The molecule has 32 heavy (non-hydrogen) atoms. The smallest absolute Gasteiger partial charge is 0.461 e. The first-order valence-corrected chi connectivity index (χ1v) is 11.4. The molecular formula is C22H28NO8P. The highest BCUT2D eigenvalue weighted by Gasteiger charge is 2.25. The van der Waals surface area contributed by atoms with Gasteiger partial charge in [0.1, 0.15) is 19.4 Å². The maximum absolute atomic E-state index is 12.0. The maximum Gasteiger partial charge on any atom is 0.472 e. The third kappa shape index (κ3) is 18.1. The number of nitrogens with one attached hydrogen (secondary N) is 1. The van der Waals surface area contributed by atoms with Crippen LogP contribution in [0.3, 0.4) is 0 Å². The van der Waals surface area contributed by atoms with Gasteiger partial charge in [0.15, 0.2) is 6.10 Å². The lowest BCUT2D eigenvalue weighted by Gasteiger charge is -2.19. The van der Waals surface area contributed by atoms with Gasteiger partial charge in [-0.3, -0.25) is 18.6 Å². The zero-order valence-electron chi connectivity index (χ0n) is 18.5.